The standard InChI is InChI=1S/C23H19FN2O4/c1-13-4-5-15(23(28)29-3)10-19(13)21-20(8-14(2)26-22(21)27)30-12-16-6-7-18(24)9-17(16)11-25/h4-10H,12H2,1-3H3,(H,26,27). The van der Waals surface area contributed by atoms with Crippen LogP contribution in [-0.4, -0.2) is 18.1 Å². The Kier molecular flexibility index (Phi) is 5.98. The summed E-state index contributed by atoms with van der Waals surface area (Å²) in [5.41, 5.74) is 2.69. The maximum absolute atomic E-state index is 13.4. The summed E-state index contributed by atoms with van der Waals surface area (Å²) in [6, 6.07) is 12.4. The highest BCUT2D eigenvalue weighted by Crippen LogP contribution is 2.31. The fourth-order valence-electron chi connectivity index (χ4n) is 3.10. The van der Waals surface area contributed by atoms with Gasteiger partial charge in [0.05, 0.1) is 29.9 Å². The summed E-state index contributed by atoms with van der Waals surface area (Å²) in [4.78, 5) is 27.5. The van der Waals surface area contributed by atoms with Crippen LogP contribution in [0.5, 0.6) is 5.75 Å². The predicted octanol–water partition coefficient (Wildman–Crippen LogP) is 4.04. The van der Waals surface area contributed by atoms with Crippen LogP contribution in [0, 0.1) is 31.0 Å². The molecule has 3 aromatic rings. The molecule has 0 saturated carbocycles. The Hall–Kier alpha value is -3.92. The quantitative estimate of drug-likeness (QED) is 0.646. The Balaban J connectivity index is 2.08. The number of methoxy groups -OCH3 is 1. The molecule has 3 rings (SSSR count). The van der Waals surface area contributed by atoms with E-state index in [0.717, 1.165) is 11.6 Å². The van der Waals surface area contributed by atoms with Crippen molar-refractivity contribution in [3.05, 3.63) is 86.6 Å². The fourth-order valence-corrected chi connectivity index (χ4v) is 3.10. The van der Waals surface area contributed by atoms with E-state index < -0.39 is 11.8 Å². The smallest absolute Gasteiger partial charge is 0.337 e. The molecule has 0 aliphatic carbocycles. The van der Waals surface area contributed by atoms with Crippen LogP contribution in [0.1, 0.15) is 32.7 Å². The largest absolute Gasteiger partial charge is 0.488 e. The number of pyridine rings is 1. The van der Waals surface area contributed by atoms with E-state index >= 15 is 0 Å². The normalized spacial score (nSPS) is 10.4. The fraction of sp³-hybridized carbons (Fsp3) is 0.174. The number of aromatic amines is 1. The number of nitrogens with one attached hydrogen (secondary N) is 1. The molecule has 1 heterocycles. The number of carbonyl (C=O) groups is 1. The van der Waals surface area contributed by atoms with E-state index in [0.29, 0.717) is 22.4 Å². The third-order valence-electron chi connectivity index (χ3n) is 4.64. The van der Waals surface area contributed by atoms with Crippen molar-refractivity contribution in [1.29, 1.82) is 5.26 Å². The summed E-state index contributed by atoms with van der Waals surface area (Å²) in [5.74, 6) is -0.750. The molecular weight excluding hydrogens is 387 g/mol. The molecule has 0 radical (unpaired) electrons. The lowest BCUT2D eigenvalue weighted by Crippen LogP contribution is -2.14. The topological polar surface area (TPSA) is 92.2 Å². The SMILES string of the molecule is COC(=O)c1ccc(C)c(-c2c(OCc3ccc(F)cc3C#N)cc(C)[nH]c2=O)c1. The molecule has 0 aliphatic rings. The molecule has 0 atom stereocenters. The van der Waals surface area contributed by atoms with Gasteiger partial charge < -0.3 is 14.5 Å². The summed E-state index contributed by atoms with van der Waals surface area (Å²) < 4.78 is 24.1. The van der Waals surface area contributed by atoms with Crippen LogP contribution in [0.2, 0.25) is 0 Å². The van der Waals surface area contributed by atoms with E-state index in [4.69, 9.17) is 9.47 Å². The molecule has 30 heavy (non-hydrogen) atoms. The zero-order valence-electron chi connectivity index (χ0n) is 16.7. The number of hydrogen-bond donors (Lipinski definition) is 1. The van der Waals surface area contributed by atoms with Gasteiger partial charge >= 0.3 is 5.97 Å². The van der Waals surface area contributed by atoms with Gasteiger partial charge in [-0.3, -0.25) is 4.79 Å². The van der Waals surface area contributed by atoms with Crippen molar-refractivity contribution in [2.45, 2.75) is 20.5 Å². The van der Waals surface area contributed by atoms with Gasteiger partial charge in [-0.1, -0.05) is 12.1 Å². The van der Waals surface area contributed by atoms with Gasteiger partial charge in [0.1, 0.15) is 18.2 Å². The number of halogens is 1. The first-order valence-electron chi connectivity index (χ1n) is 9.08. The van der Waals surface area contributed by atoms with Gasteiger partial charge in [-0.25, -0.2) is 9.18 Å². The zero-order valence-corrected chi connectivity index (χ0v) is 16.7. The van der Waals surface area contributed by atoms with Crippen molar-refractivity contribution >= 4 is 5.97 Å². The molecule has 0 spiro atoms. The van der Waals surface area contributed by atoms with Crippen molar-refractivity contribution in [3.8, 4) is 22.9 Å². The van der Waals surface area contributed by atoms with Crippen LogP contribution < -0.4 is 10.3 Å². The number of aromatic nitrogens is 1. The van der Waals surface area contributed by atoms with Crippen LogP contribution >= 0.6 is 0 Å². The van der Waals surface area contributed by atoms with E-state index in [1.54, 1.807) is 31.2 Å². The van der Waals surface area contributed by atoms with E-state index in [9.17, 15) is 19.2 Å². The average molecular weight is 406 g/mol. The number of ether oxygens (including phenoxy) is 2. The molecule has 152 valence electrons. The average Bonchev–Trinajstić information content (AvgIpc) is 2.72. The van der Waals surface area contributed by atoms with Crippen LogP contribution in [0.15, 0.2) is 47.3 Å². The highest BCUT2D eigenvalue weighted by Gasteiger charge is 2.18. The first kappa shape index (κ1) is 20.8. The Bertz CT molecular complexity index is 1220. The van der Waals surface area contributed by atoms with Crippen LogP contribution in [0.25, 0.3) is 11.1 Å². The summed E-state index contributed by atoms with van der Waals surface area (Å²) in [6.45, 7) is 3.50. The molecule has 1 N–H and O–H groups in total. The molecule has 2 aromatic carbocycles. The molecule has 0 amide bonds. The van der Waals surface area contributed by atoms with Crippen molar-refractivity contribution in [2.75, 3.05) is 7.11 Å². The van der Waals surface area contributed by atoms with Crippen LogP contribution in [0.4, 0.5) is 4.39 Å². The van der Waals surface area contributed by atoms with E-state index in [2.05, 4.69) is 4.98 Å². The molecule has 0 bridgehead atoms. The number of nitriles is 1. The molecular formula is C23H19FN2O4. The van der Waals surface area contributed by atoms with Gasteiger partial charge in [-0.05, 0) is 49.2 Å². The number of aryl methyl sites for hydroxylation is 2. The Morgan fingerprint density at radius 1 is 1.17 bits per heavy atom. The van der Waals surface area contributed by atoms with Crippen molar-refractivity contribution in [1.82, 2.24) is 4.98 Å². The van der Waals surface area contributed by atoms with Crippen molar-refractivity contribution in [3.63, 3.8) is 0 Å². The van der Waals surface area contributed by atoms with Gasteiger partial charge in [-0.15, -0.1) is 0 Å². The van der Waals surface area contributed by atoms with Gasteiger partial charge in [0, 0.05) is 17.3 Å². The van der Waals surface area contributed by atoms with E-state index in [1.165, 1.54) is 19.2 Å². The van der Waals surface area contributed by atoms with Gasteiger partial charge in [0.2, 0.25) is 0 Å². The second kappa shape index (κ2) is 8.62. The lowest BCUT2D eigenvalue weighted by atomic mass is 9.98. The van der Waals surface area contributed by atoms with Gasteiger partial charge in [0.15, 0.2) is 0 Å². The summed E-state index contributed by atoms with van der Waals surface area (Å²) in [5, 5.41) is 9.23. The maximum Gasteiger partial charge on any atom is 0.337 e. The van der Waals surface area contributed by atoms with Crippen molar-refractivity contribution in [2.24, 2.45) is 0 Å². The minimum atomic E-state index is -0.521. The summed E-state index contributed by atoms with van der Waals surface area (Å²) in [6.07, 6.45) is 0. The highest BCUT2D eigenvalue weighted by atomic mass is 19.1. The minimum Gasteiger partial charge on any atom is -0.488 e. The maximum atomic E-state index is 13.4. The Morgan fingerprint density at radius 3 is 2.63 bits per heavy atom. The minimum absolute atomic E-state index is 0.0329. The predicted molar refractivity (Wildman–Crippen MR) is 109 cm³/mol. The molecule has 0 fully saturated rings. The molecule has 7 heteroatoms. The third kappa shape index (κ3) is 4.23. The number of esters is 1. The molecule has 0 unspecified atom stereocenters. The Labute approximate surface area is 172 Å². The molecule has 0 aliphatic heterocycles. The monoisotopic (exact) mass is 406 g/mol. The van der Waals surface area contributed by atoms with Gasteiger partial charge in [0.25, 0.3) is 5.56 Å². The van der Waals surface area contributed by atoms with Crippen LogP contribution in [0.3, 0.4) is 0 Å². The summed E-state index contributed by atoms with van der Waals surface area (Å²) >= 11 is 0. The van der Waals surface area contributed by atoms with Gasteiger partial charge in [-0.2, -0.15) is 5.26 Å². The third-order valence-corrected chi connectivity index (χ3v) is 4.64. The van der Waals surface area contributed by atoms with Crippen LogP contribution in [-0.2, 0) is 11.3 Å². The van der Waals surface area contributed by atoms with E-state index in [1.807, 2.05) is 13.0 Å². The highest BCUT2D eigenvalue weighted by molar-refractivity contribution is 5.91. The second-order valence-electron chi connectivity index (χ2n) is 6.74. The number of H-pyrrole nitrogens is 1. The number of carbonyl (C=O) groups excluding carboxylic acids is 1. The lowest BCUT2D eigenvalue weighted by molar-refractivity contribution is 0.0600. The zero-order chi connectivity index (χ0) is 21.8. The Morgan fingerprint density at radius 2 is 1.93 bits per heavy atom. The number of hydrogen-bond acceptors (Lipinski definition) is 5. The molecule has 6 nitrogen and oxygen atoms in total. The number of rotatable bonds is 5. The first-order valence-corrected chi connectivity index (χ1v) is 9.08. The second-order valence-corrected chi connectivity index (χ2v) is 6.74. The summed E-state index contributed by atoms with van der Waals surface area (Å²) in [7, 11) is 1.28. The molecule has 0 saturated heterocycles. The van der Waals surface area contributed by atoms with E-state index in [-0.39, 0.29) is 29.0 Å². The number of benzene rings is 2. The lowest BCUT2D eigenvalue weighted by Gasteiger charge is -2.15. The molecule has 1 aromatic heterocycles. The first-order chi connectivity index (χ1) is 14.3. The number of nitrogens with zero attached hydrogens (tertiary/aromatic N) is 1. The van der Waals surface area contributed by atoms with Crippen molar-refractivity contribution < 1.29 is 18.7 Å².